The monoisotopic (exact) mass is 405 g/mol. The minimum Gasteiger partial charge on any atom is -0.466 e. The van der Waals surface area contributed by atoms with E-state index >= 15 is 0 Å². The van der Waals surface area contributed by atoms with E-state index in [0.29, 0.717) is 17.6 Å². The molecule has 0 amide bonds. The lowest BCUT2D eigenvalue weighted by molar-refractivity contribution is -0.140. The lowest BCUT2D eigenvalue weighted by Gasteiger charge is -2.30. The number of fused-ring (bicyclic) bond motifs is 5. The van der Waals surface area contributed by atoms with Crippen LogP contribution < -0.4 is 5.06 Å². The van der Waals surface area contributed by atoms with Gasteiger partial charge < -0.3 is 9.47 Å². The standard InChI is InChI=1S/C24H23NO5/c1-28-23(26)18-16-13-17(19(18)24(27)29-2)22-20(16)21(14-9-5-3-6-10-14)25(30-22)15-11-7-4-8-12-15/h3-12,16-17,20-22H,13H2,1-2H3/t16-,17-,20-,21+,22+/m0/s1. The van der Waals surface area contributed by atoms with Crippen molar-refractivity contribution in [3.05, 3.63) is 77.4 Å². The number of hydrogen-bond donors (Lipinski definition) is 0. The van der Waals surface area contributed by atoms with Crippen LogP contribution >= 0.6 is 0 Å². The van der Waals surface area contributed by atoms with Crippen LogP contribution in [0.2, 0.25) is 0 Å². The summed E-state index contributed by atoms with van der Waals surface area (Å²) in [5.74, 6) is -1.22. The molecule has 2 aromatic carbocycles. The lowest BCUT2D eigenvalue weighted by Crippen LogP contribution is -2.34. The third-order valence-corrected chi connectivity index (χ3v) is 6.60. The molecule has 0 spiro atoms. The van der Waals surface area contributed by atoms with E-state index in [1.807, 2.05) is 53.6 Å². The Hall–Kier alpha value is -3.12. The van der Waals surface area contributed by atoms with Crippen LogP contribution in [0, 0.1) is 17.8 Å². The van der Waals surface area contributed by atoms with Gasteiger partial charge in [0, 0.05) is 17.8 Å². The zero-order valence-electron chi connectivity index (χ0n) is 16.9. The normalized spacial score (nSPS) is 29.1. The summed E-state index contributed by atoms with van der Waals surface area (Å²) in [5, 5.41) is 1.94. The summed E-state index contributed by atoms with van der Waals surface area (Å²) in [6, 6.07) is 20.0. The van der Waals surface area contributed by atoms with Gasteiger partial charge >= 0.3 is 11.9 Å². The van der Waals surface area contributed by atoms with E-state index in [2.05, 4.69) is 12.1 Å². The number of methoxy groups -OCH3 is 2. The van der Waals surface area contributed by atoms with Crippen molar-refractivity contribution in [2.45, 2.75) is 18.6 Å². The molecule has 30 heavy (non-hydrogen) atoms. The van der Waals surface area contributed by atoms with E-state index in [9.17, 15) is 9.59 Å². The summed E-state index contributed by atoms with van der Waals surface area (Å²) >= 11 is 0. The van der Waals surface area contributed by atoms with Crippen molar-refractivity contribution in [3.63, 3.8) is 0 Å². The van der Waals surface area contributed by atoms with Gasteiger partial charge in [-0.2, -0.15) is 0 Å². The Balaban J connectivity index is 1.62. The molecule has 1 saturated heterocycles. The fourth-order valence-electron chi connectivity index (χ4n) is 5.50. The maximum Gasteiger partial charge on any atom is 0.334 e. The molecule has 154 valence electrons. The highest BCUT2D eigenvalue weighted by atomic mass is 16.7. The van der Waals surface area contributed by atoms with E-state index in [4.69, 9.17) is 14.3 Å². The van der Waals surface area contributed by atoms with Crippen molar-refractivity contribution in [1.29, 1.82) is 0 Å². The number of benzene rings is 2. The lowest BCUT2D eigenvalue weighted by atomic mass is 9.76. The Morgan fingerprint density at radius 1 is 0.867 bits per heavy atom. The molecule has 1 aliphatic heterocycles. The molecule has 6 heteroatoms. The first-order valence-corrected chi connectivity index (χ1v) is 10.1. The first kappa shape index (κ1) is 18.9. The number of para-hydroxylation sites is 1. The van der Waals surface area contributed by atoms with Crippen LogP contribution in [0.3, 0.4) is 0 Å². The molecule has 2 aliphatic carbocycles. The predicted molar refractivity (Wildman–Crippen MR) is 109 cm³/mol. The number of carbonyl (C=O) groups excluding carboxylic acids is 2. The van der Waals surface area contributed by atoms with Crippen LogP contribution in [0.25, 0.3) is 0 Å². The van der Waals surface area contributed by atoms with Gasteiger partial charge in [-0.3, -0.25) is 4.84 Å². The van der Waals surface area contributed by atoms with Gasteiger partial charge in [-0.25, -0.2) is 14.7 Å². The molecule has 2 bridgehead atoms. The second kappa shape index (κ2) is 7.29. The fourth-order valence-corrected chi connectivity index (χ4v) is 5.50. The average molecular weight is 405 g/mol. The Labute approximate surface area is 175 Å². The smallest absolute Gasteiger partial charge is 0.334 e. The number of hydroxylamine groups is 1. The summed E-state index contributed by atoms with van der Waals surface area (Å²) < 4.78 is 10.1. The maximum atomic E-state index is 12.7. The molecule has 0 aromatic heterocycles. The second-order valence-corrected chi connectivity index (χ2v) is 7.92. The summed E-state index contributed by atoms with van der Waals surface area (Å²) in [6.07, 6.45) is 0.485. The Kier molecular flexibility index (Phi) is 4.59. The summed E-state index contributed by atoms with van der Waals surface area (Å²) in [6.45, 7) is 0. The van der Waals surface area contributed by atoms with Gasteiger partial charge in [0.1, 0.15) is 0 Å². The number of hydrogen-bond acceptors (Lipinski definition) is 6. The number of rotatable bonds is 4. The highest BCUT2D eigenvalue weighted by Gasteiger charge is 2.64. The first-order chi connectivity index (χ1) is 14.7. The van der Waals surface area contributed by atoms with E-state index in [1.165, 1.54) is 14.2 Å². The van der Waals surface area contributed by atoms with Gasteiger partial charge in [-0.15, -0.1) is 0 Å². The van der Waals surface area contributed by atoms with Crippen molar-refractivity contribution in [3.8, 4) is 0 Å². The third-order valence-electron chi connectivity index (χ3n) is 6.60. The van der Waals surface area contributed by atoms with Gasteiger partial charge in [0.25, 0.3) is 0 Å². The molecule has 1 heterocycles. The zero-order chi connectivity index (χ0) is 20.8. The quantitative estimate of drug-likeness (QED) is 0.726. The van der Waals surface area contributed by atoms with Crippen molar-refractivity contribution in [1.82, 2.24) is 0 Å². The van der Waals surface area contributed by atoms with E-state index < -0.39 is 11.9 Å². The predicted octanol–water partition coefficient (Wildman–Crippen LogP) is 3.46. The van der Waals surface area contributed by atoms with Crippen LogP contribution in [-0.2, 0) is 23.9 Å². The minimum absolute atomic E-state index is 0.0279. The fraction of sp³-hybridized carbons (Fsp3) is 0.333. The maximum absolute atomic E-state index is 12.7. The van der Waals surface area contributed by atoms with Crippen molar-refractivity contribution >= 4 is 17.6 Å². The molecule has 2 aromatic rings. The Morgan fingerprint density at radius 2 is 1.43 bits per heavy atom. The van der Waals surface area contributed by atoms with Crippen LogP contribution in [0.5, 0.6) is 0 Å². The average Bonchev–Trinajstić information content (AvgIpc) is 3.48. The van der Waals surface area contributed by atoms with Gasteiger partial charge in [-0.05, 0) is 24.1 Å². The van der Waals surface area contributed by atoms with E-state index in [0.717, 1.165) is 11.3 Å². The number of anilines is 1. The van der Waals surface area contributed by atoms with Crippen molar-refractivity contribution in [2.24, 2.45) is 17.8 Å². The van der Waals surface area contributed by atoms with Crippen LogP contribution in [0.15, 0.2) is 71.8 Å². The molecule has 3 aliphatic rings. The van der Waals surface area contributed by atoms with Gasteiger partial charge in [0.05, 0.1) is 43.2 Å². The zero-order valence-corrected chi connectivity index (χ0v) is 16.9. The first-order valence-electron chi connectivity index (χ1n) is 10.1. The SMILES string of the molecule is COC(=O)C1=C(C(=O)OC)[C@@H]2C[C@@H]1[C@H]1ON(c3ccccc3)[C@H](c3ccccc3)[C@@H]12. The van der Waals surface area contributed by atoms with E-state index in [1.54, 1.807) is 0 Å². The molecule has 2 fully saturated rings. The molecule has 0 radical (unpaired) electrons. The third kappa shape index (κ3) is 2.67. The Morgan fingerprint density at radius 3 is 2.03 bits per heavy atom. The highest BCUT2D eigenvalue weighted by Crippen LogP contribution is 2.62. The highest BCUT2D eigenvalue weighted by molar-refractivity contribution is 6.02. The summed E-state index contributed by atoms with van der Waals surface area (Å²) in [4.78, 5) is 31.7. The second-order valence-electron chi connectivity index (χ2n) is 7.92. The molecular formula is C24H23NO5. The van der Waals surface area contributed by atoms with Gasteiger partial charge in [-0.1, -0.05) is 48.5 Å². The van der Waals surface area contributed by atoms with Gasteiger partial charge in [0.15, 0.2) is 0 Å². The molecule has 1 saturated carbocycles. The molecular weight excluding hydrogens is 382 g/mol. The topological polar surface area (TPSA) is 65.1 Å². The van der Waals surface area contributed by atoms with Crippen molar-refractivity contribution < 1.29 is 23.9 Å². The number of carbonyl (C=O) groups is 2. The van der Waals surface area contributed by atoms with Crippen LogP contribution in [0.1, 0.15) is 18.0 Å². The summed E-state index contributed by atoms with van der Waals surface area (Å²) in [5.41, 5.74) is 2.93. The molecule has 5 rings (SSSR count). The molecule has 6 nitrogen and oxygen atoms in total. The van der Waals surface area contributed by atoms with Crippen LogP contribution in [0.4, 0.5) is 5.69 Å². The number of esters is 2. The van der Waals surface area contributed by atoms with Crippen molar-refractivity contribution in [2.75, 3.05) is 19.3 Å². The Bertz CT molecular complexity index is 1000. The molecule has 0 N–H and O–H groups in total. The molecule has 0 unspecified atom stereocenters. The largest absolute Gasteiger partial charge is 0.466 e. The van der Waals surface area contributed by atoms with E-state index in [-0.39, 0.29) is 29.9 Å². The molecule has 5 atom stereocenters. The summed E-state index contributed by atoms with van der Waals surface area (Å²) in [7, 11) is 2.69. The van der Waals surface area contributed by atoms with Crippen LogP contribution in [-0.4, -0.2) is 32.3 Å². The number of ether oxygens (including phenoxy) is 2. The minimum atomic E-state index is -0.473. The number of nitrogens with zero attached hydrogens (tertiary/aromatic N) is 1. The van der Waals surface area contributed by atoms with Gasteiger partial charge in [0.2, 0.25) is 0 Å².